The highest BCUT2D eigenvalue weighted by molar-refractivity contribution is 5.90. The van der Waals surface area contributed by atoms with E-state index in [1.807, 2.05) is 30.9 Å². The first-order valence-electron chi connectivity index (χ1n) is 11.8. The Kier molecular flexibility index (Phi) is 5.17. The predicted octanol–water partition coefficient (Wildman–Crippen LogP) is 5.52. The van der Waals surface area contributed by atoms with Gasteiger partial charge in [-0.1, -0.05) is 0 Å². The highest BCUT2D eigenvalue weighted by Gasteiger charge is 2.31. The van der Waals surface area contributed by atoms with Gasteiger partial charge in [0.05, 0.1) is 29.4 Å². The first-order chi connectivity index (χ1) is 16.5. The summed E-state index contributed by atoms with van der Waals surface area (Å²) in [6, 6.07) is 4.20. The molecular formula is C25H26F2N6O. The molecule has 9 heteroatoms. The van der Waals surface area contributed by atoms with Gasteiger partial charge in [-0.3, -0.25) is 9.36 Å². The van der Waals surface area contributed by atoms with Crippen molar-refractivity contribution in [3.8, 4) is 11.3 Å². The van der Waals surface area contributed by atoms with E-state index in [9.17, 15) is 8.78 Å². The van der Waals surface area contributed by atoms with Crippen LogP contribution in [0.2, 0.25) is 0 Å². The van der Waals surface area contributed by atoms with Crippen LogP contribution < -0.4 is 0 Å². The Morgan fingerprint density at radius 3 is 2.71 bits per heavy atom. The molecule has 2 atom stereocenters. The summed E-state index contributed by atoms with van der Waals surface area (Å²) >= 11 is 0. The van der Waals surface area contributed by atoms with Gasteiger partial charge in [0.1, 0.15) is 17.5 Å². The van der Waals surface area contributed by atoms with Gasteiger partial charge in [-0.25, -0.2) is 18.7 Å². The first-order valence-corrected chi connectivity index (χ1v) is 11.8. The van der Waals surface area contributed by atoms with Crippen molar-refractivity contribution in [1.82, 2.24) is 29.5 Å². The summed E-state index contributed by atoms with van der Waals surface area (Å²) in [5, 5.41) is 9.78. The van der Waals surface area contributed by atoms with Crippen molar-refractivity contribution in [2.75, 3.05) is 6.61 Å². The summed E-state index contributed by atoms with van der Waals surface area (Å²) < 4.78 is 38.3. The third kappa shape index (κ3) is 3.87. The molecule has 1 saturated heterocycles. The minimum absolute atomic E-state index is 0.0267. The SMILES string of the molecule is CC(C)n1cc2c(-c3ccc(F)cc3F)nc(C3CCOC(c4cnn(C5CC5)c4)C3)nc2n1. The maximum absolute atomic E-state index is 14.8. The lowest BCUT2D eigenvalue weighted by Crippen LogP contribution is -2.20. The van der Waals surface area contributed by atoms with Crippen LogP contribution in [0.4, 0.5) is 8.78 Å². The average molecular weight is 465 g/mol. The summed E-state index contributed by atoms with van der Waals surface area (Å²) in [5.74, 6) is -0.633. The van der Waals surface area contributed by atoms with Crippen LogP contribution in [-0.2, 0) is 4.74 Å². The van der Waals surface area contributed by atoms with Gasteiger partial charge in [0.2, 0.25) is 0 Å². The zero-order valence-electron chi connectivity index (χ0n) is 19.2. The molecule has 4 aromatic rings. The zero-order valence-corrected chi connectivity index (χ0v) is 19.2. The van der Waals surface area contributed by atoms with Gasteiger partial charge in [-0.15, -0.1) is 0 Å². The fourth-order valence-corrected chi connectivity index (χ4v) is 4.60. The molecule has 176 valence electrons. The molecule has 0 bridgehead atoms. The van der Waals surface area contributed by atoms with Crippen LogP contribution in [0.1, 0.15) is 75.0 Å². The molecule has 2 aliphatic rings. The average Bonchev–Trinajstić information content (AvgIpc) is 3.38. The number of benzene rings is 1. The maximum Gasteiger partial charge on any atom is 0.185 e. The minimum Gasteiger partial charge on any atom is -0.373 e. The smallest absolute Gasteiger partial charge is 0.185 e. The normalized spacial score (nSPS) is 21.0. The van der Waals surface area contributed by atoms with Crippen molar-refractivity contribution in [2.24, 2.45) is 0 Å². The number of aromatic nitrogens is 6. The van der Waals surface area contributed by atoms with Gasteiger partial charge in [-0.05, 0) is 51.7 Å². The molecule has 2 unspecified atom stereocenters. The molecule has 7 nitrogen and oxygen atoms in total. The Morgan fingerprint density at radius 2 is 1.94 bits per heavy atom. The number of halogens is 2. The van der Waals surface area contributed by atoms with Gasteiger partial charge in [0.25, 0.3) is 0 Å². The second-order valence-corrected chi connectivity index (χ2v) is 9.56. The quantitative estimate of drug-likeness (QED) is 0.389. The summed E-state index contributed by atoms with van der Waals surface area (Å²) in [6.07, 6.45) is 9.53. The summed E-state index contributed by atoms with van der Waals surface area (Å²) in [4.78, 5) is 9.62. The Bertz CT molecular complexity index is 1360. The van der Waals surface area contributed by atoms with E-state index in [0.717, 1.165) is 18.1 Å². The lowest BCUT2D eigenvalue weighted by Gasteiger charge is -2.28. The molecule has 0 spiro atoms. The molecule has 0 N–H and O–H groups in total. The lowest BCUT2D eigenvalue weighted by atomic mass is 9.92. The molecule has 34 heavy (non-hydrogen) atoms. The molecule has 1 aromatic carbocycles. The highest BCUT2D eigenvalue weighted by atomic mass is 19.1. The molecule has 6 rings (SSSR count). The van der Waals surface area contributed by atoms with Crippen LogP contribution in [0.3, 0.4) is 0 Å². The second-order valence-electron chi connectivity index (χ2n) is 9.56. The van der Waals surface area contributed by atoms with Crippen molar-refractivity contribution in [1.29, 1.82) is 0 Å². The van der Waals surface area contributed by atoms with Crippen LogP contribution in [-0.4, -0.2) is 36.1 Å². The monoisotopic (exact) mass is 464 g/mol. The van der Waals surface area contributed by atoms with E-state index in [2.05, 4.69) is 16.4 Å². The fraction of sp³-hybridized carbons (Fsp3) is 0.440. The Balaban J connectivity index is 1.39. The number of ether oxygens (including phenoxy) is 1. The Labute approximate surface area is 195 Å². The van der Waals surface area contributed by atoms with Crippen LogP contribution >= 0.6 is 0 Å². The fourth-order valence-electron chi connectivity index (χ4n) is 4.60. The Morgan fingerprint density at radius 1 is 1.09 bits per heavy atom. The number of hydrogen-bond donors (Lipinski definition) is 0. The third-order valence-corrected chi connectivity index (χ3v) is 6.69. The topological polar surface area (TPSA) is 70.7 Å². The summed E-state index contributed by atoms with van der Waals surface area (Å²) in [5.41, 5.74) is 2.26. The van der Waals surface area contributed by atoms with E-state index in [-0.39, 0.29) is 23.6 Å². The number of hydrogen-bond acceptors (Lipinski definition) is 5. The Hall–Kier alpha value is -3.20. The van der Waals surface area contributed by atoms with Crippen molar-refractivity contribution in [2.45, 2.75) is 63.6 Å². The number of nitrogens with zero attached hydrogens (tertiary/aromatic N) is 6. The van der Waals surface area contributed by atoms with Crippen molar-refractivity contribution < 1.29 is 13.5 Å². The molecule has 3 aromatic heterocycles. The minimum atomic E-state index is -0.652. The number of rotatable bonds is 5. The predicted molar refractivity (Wildman–Crippen MR) is 122 cm³/mol. The standard InChI is InChI=1S/C25H26F2N6O/c1-14(2)32-13-20-23(19-6-3-17(26)10-21(19)27)29-24(30-25(20)31-32)15-7-8-34-22(9-15)16-11-28-33(12-16)18-4-5-18/h3,6,10-15,18,22H,4-5,7-9H2,1-2H3. The highest BCUT2D eigenvalue weighted by Crippen LogP contribution is 2.40. The van der Waals surface area contributed by atoms with E-state index >= 15 is 0 Å². The van der Waals surface area contributed by atoms with Crippen LogP contribution in [0, 0.1) is 11.6 Å². The van der Waals surface area contributed by atoms with Gasteiger partial charge in [0, 0.05) is 48.2 Å². The van der Waals surface area contributed by atoms with Gasteiger partial charge < -0.3 is 4.74 Å². The molecule has 2 fully saturated rings. The maximum atomic E-state index is 14.8. The van der Waals surface area contributed by atoms with E-state index in [1.165, 1.54) is 25.0 Å². The van der Waals surface area contributed by atoms with Crippen molar-refractivity contribution in [3.63, 3.8) is 0 Å². The van der Waals surface area contributed by atoms with E-state index in [4.69, 9.17) is 14.7 Å². The van der Waals surface area contributed by atoms with E-state index in [1.54, 1.807) is 4.68 Å². The number of fused-ring (bicyclic) bond motifs is 1. The van der Waals surface area contributed by atoms with Crippen LogP contribution in [0.5, 0.6) is 0 Å². The molecule has 0 amide bonds. The second kappa shape index (κ2) is 8.23. The molecule has 1 aliphatic carbocycles. The van der Waals surface area contributed by atoms with E-state index < -0.39 is 11.6 Å². The van der Waals surface area contributed by atoms with Gasteiger partial charge in [-0.2, -0.15) is 10.2 Å². The molecule has 1 saturated carbocycles. The van der Waals surface area contributed by atoms with Crippen molar-refractivity contribution >= 4 is 11.0 Å². The van der Waals surface area contributed by atoms with Crippen molar-refractivity contribution in [3.05, 3.63) is 59.8 Å². The molecule has 1 aliphatic heterocycles. The molecular weight excluding hydrogens is 438 g/mol. The lowest BCUT2D eigenvalue weighted by molar-refractivity contribution is 0.00396. The van der Waals surface area contributed by atoms with Crippen LogP contribution in [0.15, 0.2) is 36.8 Å². The van der Waals surface area contributed by atoms with Gasteiger partial charge >= 0.3 is 0 Å². The zero-order chi connectivity index (χ0) is 23.4. The molecule has 0 radical (unpaired) electrons. The first kappa shape index (κ1) is 21.3. The third-order valence-electron chi connectivity index (χ3n) is 6.69. The van der Waals surface area contributed by atoms with Crippen LogP contribution in [0.25, 0.3) is 22.3 Å². The summed E-state index contributed by atoms with van der Waals surface area (Å²) in [6.45, 7) is 4.61. The van der Waals surface area contributed by atoms with Gasteiger partial charge in [0.15, 0.2) is 5.65 Å². The molecule has 4 heterocycles. The van der Waals surface area contributed by atoms with E-state index in [0.29, 0.717) is 41.6 Å². The largest absolute Gasteiger partial charge is 0.373 e. The summed E-state index contributed by atoms with van der Waals surface area (Å²) in [7, 11) is 0.